The number of aromatic nitrogens is 2. The Labute approximate surface area is 168 Å². The molecule has 0 saturated heterocycles. The maximum atomic E-state index is 13.2. The Morgan fingerprint density at radius 3 is 2.93 bits per heavy atom. The third-order valence-corrected chi connectivity index (χ3v) is 6.57. The molecule has 0 fully saturated rings. The summed E-state index contributed by atoms with van der Waals surface area (Å²) in [6.07, 6.45) is 2.33. The van der Waals surface area contributed by atoms with Crippen LogP contribution in [-0.4, -0.2) is 27.4 Å². The van der Waals surface area contributed by atoms with Gasteiger partial charge in [0.05, 0.1) is 31.2 Å². The van der Waals surface area contributed by atoms with Crippen LogP contribution in [0.1, 0.15) is 35.2 Å². The van der Waals surface area contributed by atoms with Gasteiger partial charge in [-0.25, -0.2) is 4.98 Å². The van der Waals surface area contributed by atoms with E-state index in [2.05, 4.69) is 11.9 Å². The second-order valence-corrected chi connectivity index (χ2v) is 8.84. The monoisotopic (exact) mass is 398 g/mol. The molecular weight excluding hydrogens is 372 g/mol. The summed E-state index contributed by atoms with van der Waals surface area (Å²) in [5, 5.41) is 11.2. The largest absolute Gasteiger partial charge is 0.389 e. The zero-order valence-corrected chi connectivity index (χ0v) is 17.2. The van der Waals surface area contributed by atoms with Crippen LogP contribution in [-0.2, 0) is 30.7 Å². The van der Waals surface area contributed by atoms with Crippen molar-refractivity contribution in [2.75, 3.05) is 6.61 Å². The van der Waals surface area contributed by atoms with Crippen molar-refractivity contribution in [3.05, 3.63) is 62.5 Å². The van der Waals surface area contributed by atoms with Crippen molar-refractivity contribution in [1.29, 1.82) is 0 Å². The molecule has 1 aromatic carbocycles. The molecule has 0 bridgehead atoms. The molecule has 0 aliphatic heterocycles. The van der Waals surface area contributed by atoms with Gasteiger partial charge in [-0.3, -0.25) is 9.36 Å². The lowest BCUT2D eigenvalue weighted by atomic mass is 9.89. The minimum absolute atomic E-state index is 0.0309. The third kappa shape index (κ3) is 3.90. The molecule has 3 aromatic rings. The molecule has 4 rings (SSSR count). The first-order valence-corrected chi connectivity index (χ1v) is 10.7. The van der Waals surface area contributed by atoms with Crippen LogP contribution >= 0.6 is 11.3 Å². The molecule has 1 aliphatic carbocycles. The Kier molecular flexibility index (Phi) is 5.62. The number of benzene rings is 1. The lowest BCUT2D eigenvalue weighted by Crippen LogP contribution is -2.31. The summed E-state index contributed by atoms with van der Waals surface area (Å²) in [7, 11) is 0. The smallest absolute Gasteiger partial charge is 0.262 e. The van der Waals surface area contributed by atoms with Gasteiger partial charge in [0, 0.05) is 4.88 Å². The van der Waals surface area contributed by atoms with Crippen LogP contribution in [0.2, 0.25) is 0 Å². The average Bonchev–Trinajstić information content (AvgIpc) is 3.03. The van der Waals surface area contributed by atoms with E-state index in [9.17, 15) is 9.90 Å². The maximum absolute atomic E-state index is 13.2. The zero-order valence-electron chi connectivity index (χ0n) is 16.4. The number of aryl methyl sites for hydroxylation is 2. The van der Waals surface area contributed by atoms with E-state index in [4.69, 9.17) is 4.74 Å². The van der Waals surface area contributed by atoms with Gasteiger partial charge in [0.1, 0.15) is 10.7 Å². The summed E-state index contributed by atoms with van der Waals surface area (Å²) < 4.78 is 7.23. The Morgan fingerprint density at radius 1 is 1.36 bits per heavy atom. The molecule has 1 N–H and O–H groups in total. The van der Waals surface area contributed by atoms with Gasteiger partial charge in [-0.05, 0) is 43.2 Å². The SMILES string of the molecule is Cc1nc2sc3c(c2c(=O)n1C[C@H](O)COCc1ccccc1)CC[C@@H](C)C3. The van der Waals surface area contributed by atoms with Crippen LogP contribution in [0.3, 0.4) is 0 Å². The maximum Gasteiger partial charge on any atom is 0.262 e. The molecule has 148 valence electrons. The van der Waals surface area contributed by atoms with Gasteiger partial charge in [0.25, 0.3) is 5.56 Å². The molecular formula is C22H26N2O3S. The minimum Gasteiger partial charge on any atom is -0.389 e. The fraction of sp³-hybridized carbons (Fsp3) is 0.455. The van der Waals surface area contributed by atoms with E-state index in [1.807, 2.05) is 37.3 Å². The van der Waals surface area contributed by atoms with Gasteiger partial charge in [-0.15, -0.1) is 11.3 Å². The second-order valence-electron chi connectivity index (χ2n) is 7.76. The number of thiophene rings is 1. The molecule has 2 heterocycles. The molecule has 2 aromatic heterocycles. The first-order valence-electron chi connectivity index (χ1n) is 9.84. The fourth-order valence-corrected chi connectivity index (χ4v) is 5.31. The van der Waals surface area contributed by atoms with Gasteiger partial charge >= 0.3 is 0 Å². The van der Waals surface area contributed by atoms with E-state index in [1.54, 1.807) is 15.9 Å². The second kappa shape index (κ2) is 8.15. The fourth-order valence-electron chi connectivity index (χ4n) is 3.89. The summed E-state index contributed by atoms with van der Waals surface area (Å²) in [6.45, 7) is 4.91. The van der Waals surface area contributed by atoms with Crippen LogP contribution in [0.4, 0.5) is 0 Å². The Balaban J connectivity index is 1.51. The molecule has 0 radical (unpaired) electrons. The highest BCUT2D eigenvalue weighted by atomic mass is 32.1. The quantitative estimate of drug-likeness (QED) is 0.691. The molecule has 5 nitrogen and oxygen atoms in total. The van der Waals surface area contributed by atoms with Gasteiger partial charge in [0.15, 0.2) is 0 Å². The Bertz CT molecular complexity index is 1030. The predicted molar refractivity (Wildman–Crippen MR) is 112 cm³/mol. The highest BCUT2D eigenvalue weighted by Gasteiger charge is 2.24. The molecule has 2 atom stereocenters. The van der Waals surface area contributed by atoms with Crippen molar-refractivity contribution in [2.24, 2.45) is 5.92 Å². The zero-order chi connectivity index (χ0) is 19.7. The number of aliphatic hydroxyl groups excluding tert-OH is 1. The van der Waals surface area contributed by atoms with Gasteiger partial charge in [-0.2, -0.15) is 0 Å². The molecule has 0 unspecified atom stereocenters. The Morgan fingerprint density at radius 2 is 2.14 bits per heavy atom. The van der Waals surface area contributed by atoms with Gasteiger partial charge < -0.3 is 9.84 Å². The topological polar surface area (TPSA) is 64.4 Å². The predicted octanol–water partition coefficient (Wildman–Crippen LogP) is 3.47. The number of nitrogens with zero attached hydrogens (tertiary/aromatic N) is 2. The van der Waals surface area contributed by atoms with E-state index < -0.39 is 6.10 Å². The van der Waals surface area contributed by atoms with Crippen molar-refractivity contribution >= 4 is 21.6 Å². The summed E-state index contributed by atoms with van der Waals surface area (Å²) in [5.74, 6) is 1.30. The van der Waals surface area contributed by atoms with Crippen LogP contribution in [0.25, 0.3) is 10.2 Å². The number of aliphatic hydroxyl groups is 1. The van der Waals surface area contributed by atoms with Crippen LogP contribution < -0.4 is 5.56 Å². The summed E-state index contributed by atoms with van der Waals surface area (Å²) in [5.41, 5.74) is 2.21. The number of rotatable bonds is 6. The normalized spacial score (nSPS) is 17.6. The lowest BCUT2D eigenvalue weighted by molar-refractivity contribution is 0.0195. The summed E-state index contributed by atoms with van der Waals surface area (Å²) in [6, 6.07) is 9.85. The number of hydrogen-bond acceptors (Lipinski definition) is 5. The number of ether oxygens (including phenoxy) is 1. The van der Waals surface area contributed by atoms with Crippen LogP contribution in [0, 0.1) is 12.8 Å². The van der Waals surface area contributed by atoms with Crippen molar-refractivity contribution in [2.45, 2.75) is 52.4 Å². The molecule has 0 spiro atoms. The minimum atomic E-state index is -0.756. The lowest BCUT2D eigenvalue weighted by Gasteiger charge is -2.18. The first-order chi connectivity index (χ1) is 13.5. The first kappa shape index (κ1) is 19.3. The van der Waals surface area contributed by atoms with Crippen LogP contribution in [0.15, 0.2) is 35.1 Å². The molecule has 0 saturated carbocycles. The van der Waals surface area contributed by atoms with Gasteiger partial charge in [0.2, 0.25) is 0 Å². The average molecular weight is 399 g/mol. The van der Waals surface area contributed by atoms with Crippen molar-refractivity contribution in [1.82, 2.24) is 9.55 Å². The van der Waals surface area contributed by atoms with Crippen molar-refractivity contribution in [3.8, 4) is 0 Å². The molecule has 0 amide bonds. The van der Waals surface area contributed by atoms with Crippen molar-refractivity contribution < 1.29 is 9.84 Å². The van der Waals surface area contributed by atoms with Crippen LogP contribution in [0.5, 0.6) is 0 Å². The van der Waals surface area contributed by atoms with E-state index in [0.29, 0.717) is 18.3 Å². The third-order valence-electron chi connectivity index (χ3n) is 5.42. The number of hydrogen-bond donors (Lipinski definition) is 1. The van der Waals surface area contributed by atoms with Crippen molar-refractivity contribution in [3.63, 3.8) is 0 Å². The molecule has 1 aliphatic rings. The molecule has 6 heteroatoms. The summed E-state index contributed by atoms with van der Waals surface area (Å²) >= 11 is 1.66. The highest BCUT2D eigenvalue weighted by molar-refractivity contribution is 7.18. The summed E-state index contributed by atoms with van der Waals surface area (Å²) in [4.78, 5) is 20.0. The van der Waals surface area contributed by atoms with E-state index in [-0.39, 0.29) is 18.7 Å². The highest BCUT2D eigenvalue weighted by Crippen LogP contribution is 2.35. The molecule has 28 heavy (non-hydrogen) atoms. The van der Waals surface area contributed by atoms with Gasteiger partial charge in [-0.1, -0.05) is 37.3 Å². The van der Waals surface area contributed by atoms with E-state index >= 15 is 0 Å². The van der Waals surface area contributed by atoms with E-state index in [0.717, 1.165) is 35.0 Å². The Hall–Kier alpha value is -2.02. The van der Waals surface area contributed by atoms with E-state index in [1.165, 1.54) is 10.4 Å². The number of fused-ring (bicyclic) bond motifs is 3. The standard InChI is InChI=1S/C22H26N2O3S/c1-14-8-9-18-19(10-14)28-21-20(18)22(26)24(15(2)23-21)11-17(25)13-27-12-16-6-4-3-5-7-16/h3-7,14,17,25H,8-13H2,1-2H3/t14-,17+/m1/s1.